The van der Waals surface area contributed by atoms with Crippen molar-refractivity contribution in [3.63, 3.8) is 0 Å². The van der Waals surface area contributed by atoms with Crippen LogP contribution in [0.1, 0.15) is 25.1 Å². The third-order valence-electron chi connectivity index (χ3n) is 2.37. The molecular weight excluding hydrogens is 174 g/mol. The molecule has 0 saturated heterocycles. The Morgan fingerprint density at radius 3 is 2.64 bits per heavy atom. The quantitative estimate of drug-likeness (QED) is 0.794. The van der Waals surface area contributed by atoms with Gasteiger partial charge in [0.15, 0.2) is 0 Å². The Kier molecular flexibility index (Phi) is 3.47. The molecule has 3 heteroatoms. The number of hydrogen-bond acceptors (Lipinski definition) is 2. The van der Waals surface area contributed by atoms with Gasteiger partial charge in [-0.05, 0) is 12.8 Å². The summed E-state index contributed by atoms with van der Waals surface area (Å²) < 4.78 is 1.83. The third kappa shape index (κ3) is 2.45. The normalized spacial score (nSPS) is 12.6. The number of rotatable bonds is 3. The molecule has 0 unspecified atom stereocenters. The lowest BCUT2D eigenvalue weighted by Crippen LogP contribution is -2.08. The molecule has 0 radical (unpaired) electrons. The first-order valence-electron chi connectivity index (χ1n) is 4.95. The van der Waals surface area contributed by atoms with Gasteiger partial charge in [0.05, 0.1) is 5.69 Å². The Balaban J connectivity index is 3.00. The van der Waals surface area contributed by atoms with Gasteiger partial charge in [-0.3, -0.25) is 4.68 Å². The molecule has 0 amide bonds. The second-order valence-electron chi connectivity index (χ2n) is 3.92. The topological polar surface area (TPSA) is 43.8 Å². The molecule has 0 aliphatic rings. The molecular formula is C11H19N3. The minimum absolute atomic E-state index is 0.500. The standard InChI is InChI=1S/C11H19N3/c1-8(2)10(6-12)5-11-7-14(4)13-9(11)3/h5,7-8H,6,12H2,1-4H3. The predicted octanol–water partition coefficient (Wildman–Crippen LogP) is 1.73. The summed E-state index contributed by atoms with van der Waals surface area (Å²) in [6, 6.07) is 0. The molecule has 1 aromatic heterocycles. The van der Waals surface area contributed by atoms with E-state index in [-0.39, 0.29) is 0 Å². The maximum absolute atomic E-state index is 5.68. The van der Waals surface area contributed by atoms with Crippen molar-refractivity contribution in [1.82, 2.24) is 9.78 Å². The zero-order valence-electron chi connectivity index (χ0n) is 9.41. The zero-order chi connectivity index (χ0) is 10.7. The highest BCUT2D eigenvalue weighted by atomic mass is 15.2. The smallest absolute Gasteiger partial charge is 0.0665 e. The SMILES string of the molecule is Cc1nn(C)cc1C=C(CN)C(C)C. The van der Waals surface area contributed by atoms with Crippen LogP contribution in [-0.4, -0.2) is 16.3 Å². The first-order valence-corrected chi connectivity index (χ1v) is 4.95. The number of nitrogens with two attached hydrogens (primary N) is 1. The van der Waals surface area contributed by atoms with E-state index in [1.807, 2.05) is 24.9 Å². The Morgan fingerprint density at radius 1 is 1.64 bits per heavy atom. The summed E-state index contributed by atoms with van der Waals surface area (Å²) in [5, 5.41) is 4.29. The monoisotopic (exact) mass is 193 g/mol. The van der Waals surface area contributed by atoms with Crippen LogP contribution in [0.25, 0.3) is 6.08 Å². The van der Waals surface area contributed by atoms with E-state index in [4.69, 9.17) is 5.73 Å². The van der Waals surface area contributed by atoms with Crippen LogP contribution in [0.4, 0.5) is 0 Å². The molecule has 0 saturated carbocycles. The van der Waals surface area contributed by atoms with Crippen molar-refractivity contribution in [2.24, 2.45) is 18.7 Å². The van der Waals surface area contributed by atoms with Crippen molar-refractivity contribution < 1.29 is 0 Å². The van der Waals surface area contributed by atoms with E-state index < -0.39 is 0 Å². The van der Waals surface area contributed by atoms with Crippen molar-refractivity contribution in [2.75, 3.05) is 6.54 Å². The molecule has 1 rings (SSSR count). The molecule has 0 aliphatic heterocycles. The minimum Gasteiger partial charge on any atom is -0.327 e. The predicted molar refractivity (Wildman–Crippen MR) is 59.8 cm³/mol. The van der Waals surface area contributed by atoms with Gasteiger partial charge in [0.1, 0.15) is 0 Å². The molecule has 0 aliphatic carbocycles. The minimum atomic E-state index is 0.500. The van der Waals surface area contributed by atoms with E-state index in [1.165, 1.54) is 11.1 Å². The Morgan fingerprint density at radius 2 is 2.29 bits per heavy atom. The summed E-state index contributed by atoms with van der Waals surface area (Å²) in [6.45, 7) is 6.95. The first-order chi connectivity index (χ1) is 6.54. The molecule has 1 heterocycles. The van der Waals surface area contributed by atoms with E-state index in [2.05, 4.69) is 25.0 Å². The van der Waals surface area contributed by atoms with Gasteiger partial charge < -0.3 is 5.73 Å². The highest BCUT2D eigenvalue weighted by molar-refractivity contribution is 5.54. The second kappa shape index (κ2) is 4.42. The van der Waals surface area contributed by atoms with Gasteiger partial charge in [0, 0.05) is 25.4 Å². The number of hydrogen-bond donors (Lipinski definition) is 1. The fourth-order valence-electron chi connectivity index (χ4n) is 1.42. The number of aryl methyl sites for hydroxylation is 2. The average Bonchev–Trinajstić information content (AvgIpc) is 2.40. The fourth-order valence-corrected chi connectivity index (χ4v) is 1.42. The maximum atomic E-state index is 5.68. The lowest BCUT2D eigenvalue weighted by Gasteiger charge is -2.07. The molecule has 0 bridgehead atoms. The molecule has 2 N–H and O–H groups in total. The van der Waals surface area contributed by atoms with E-state index in [0.717, 1.165) is 5.69 Å². The van der Waals surface area contributed by atoms with Gasteiger partial charge in [-0.15, -0.1) is 0 Å². The molecule has 78 valence electrons. The van der Waals surface area contributed by atoms with Crippen molar-refractivity contribution in [1.29, 1.82) is 0 Å². The van der Waals surface area contributed by atoms with Gasteiger partial charge in [-0.2, -0.15) is 5.10 Å². The summed E-state index contributed by atoms with van der Waals surface area (Å²) in [6.07, 6.45) is 4.17. The van der Waals surface area contributed by atoms with Crippen LogP contribution in [0.15, 0.2) is 11.8 Å². The van der Waals surface area contributed by atoms with Crippen LogP contribution in [0.2, 0.25) is 0 Å². The van der Waals surface area contributed by atoms with Crippen molar-refractivity contribution >= 4 is 6.08 Å². The number of aromatic nitrogens is 2. The lowest BCUT2D eigenvalue weighted by molar-refractivity contribution is 0.752. The van der Waals surface area contributed by atoms with Crippen LogP contribution >= 0.6 is 0 Å². The van der Waals surface area contributed by atoms with Crippen LogP contribution in [0, 0.1) is 12.8 Å². The highest BCUT2D eigenvalue weighted by Crippen LogP contribution is 2.15. The molecule has 0 fully saturated rings. The van der Waals surface area contributed by atoms with Gasteiger partial charge >= 0.3 is 0 Å². The van der Waals surface area contributed by atoms with Crippen LogP contribution < -0.4 is 5.73 Å². The van der Waals surface area contributed by atoms with Gasteiger partial charge in [0.2, 0.25) is 0 Å². The molecule has 3 nitrogen and oxygen atoms in total. The Hall–Kier alpha value is -1.09. The van der Waals surface area contributed by atoms with Gasteiger partial charge in [-0.1, -0.05) is 25.5 Å². The summed E-state index contributed by atoms with van der Waals surface area (Å²) in [4.78, 5) is 0. The fraction of sp³-hybridized carbons (Fsp3) is 0.545. The van der Waals surface area contributed by atoms with E-state index in [9.17, 15) is 0 Å². The lowest BCUT2D eigenvalue weighted by atomic mass is 10.0. The molecule has 1 aromatic rings. The average molecular weight is 193 g/mol. The van der Waals surface area contributed by atoms with Crippen molar-refractivity contribution in [2.45, 2.75) is 20.8 Å². The Labute approximate surface area is 85.6 Å². The van der Waals surface area contributed by atoms with Crippen molar-refractivity contribution in [3.8, 4) is 0 Å². The van der Waals surface area contributed by atoms with Gasteiger partial charge in [0.25, 0.3) is 0 Å². The maximum Gasteiger partial charge on any atom is 0.0665 e. The first kappa shape index (κ1) is 11.0. The zero-order valence-corrected chi connectivity index (χ0v) is 9.41. The third-order valence-corrected chi connectivity index (χ3v) is 2.37. The van der Waals surface area contributed by atoms with Crippen LogP contribution in [0.3, 0.4) is 0 Å². The molecule has 14 heavy (non-hydrogen) atoms. The summed E-state index contributed by atoms with van der Waals surface area (Å²) in [5.74, 6) is 0.500. The summed E-state index contributed by atoms with van der Waals surface area (Å²) in [7, 11) is 1.93. The largest absolute Gasteiger partial charge is 0.327 e. The van der Waals surface area contributed by atoms with E-state index in [0.29, 0.717) is 12.5 Å². The second-order valence-corrected chi connectivity index (χ2v) is 3.92. The van der Waals surface area contributed by atoms with Crippen molar-refractivity contribution in [3.05, 3.63) is 23.0 Å². The van der Waals surface area contributed by atoms with Gasteiger partial charge in [-0.25, -0.2) is 0 Å². The summed E-state index contributed by atoms with van der Waals surface area (Å²) >= 11 is 0. The van der Waals surface area contributed by atoms with Crippen LogP contribution in [0.5, 0.6) is 0 Å². The molecule has 0 aromatic carbocycles. The highest BCUT2D eigenvalue weighted by Gasteiger charge is 2.04. The number of nitrogens with zero attached hydrogens (tertiary/aromatic N) is 2. The van der Waals surface area contributed by atoms with E-state index in [1.54, 1.807) is 0 Å². The molecule has 0 spiro atoms. The summed E-state index contributed by atoms with van der Waals surface area (Å²) in [5.41, 5.74) is 9.17. The van der Waals surface area contributed by atoms with E-state index >= 15 is 0 Å². The molecule has 0 atom stereocenters. The Bertz CT molecular complexity index is 334. The van der Waals surface area contributed by atoms with Crippen LogP contribution in [-0.2, 0) is 7.05 Å².